The molecule has 1 atom stereocenters. The Morgan fingerprint density at radius 1 is 1.08 bits per heavy atom. The smallest absolute Gasteiger partial charge is 0.270 e. The number of aromatic amines is 1. The molecule has 3 aromatic rings. The molecule has 2 aliphatic rings. The molecule has 11 heteroatoms. The average molecular weight is 507 g/mol. The Labute approximate surface area is 213 Å². The molecule has 5 rings (SSSR count). The van der Waals surface area contributed by atoms with Crippen LogP contribution in [-0.2, 0) is 27.9 Å². The fourth-order valence-corrected chi connectivity index (χ4v) is 4.99. The molecule has 4 heterocycles. The first-order valence-electron chi connectivity index (χ1n) is 12.5. The Morgan fingerprint density at radius 3 is 2.54 bits per heavy atom. The maximum atomic E-state index is 12.9. The second kappa shape index (κ2) is 10.1. The highest BCUT2D eigenvalue weighted by molar-refractivity contribution is 6.03. The van der Waals surface area contributed by atoms with Crippen molar-refractivity contribution in [1.82, 2.24) is 29.9 Å². The molecule has 2 saturated heterocycles. The zero-order valence-corrected chi connectivity index (χ0v) is 21.0. The highest BCUT2D eigenvalue weighted by Crippen LogP contribution is 2.34. The predicted octanol–water partition coefficient (Wildman–Crippen LogP) is 1.35. The average Bonchev–Trinajstić information content (AvgIpc) is 3.52. The summed E-state index contributed by atoms with van der Waals surface area (Å²) >= 11 is 0. The van der Waals surface area contributed by atoms with Crippen molar-refractivity contribution in [3.8, 4) is 5.75 Å². The van der Waals surface area contributed by atoms with Gasteiger partial charge < -0.3 is 19.5 Å². The molecule has 194 valence electrons. The highest BCUT2D eigenvalue weighted by atomic mass is 16.5. The van der Waals surface area contributed by atoms with Crippen LogP contribution in [-0.4, -0.2) is 81.0 Å². The summed E-state index contributed by atoms with van der Waals surface area (Å²) in [6.07, 6.45) is 1.50. The van der Waals surface area contributed by atoms with Gasteiger partial charge in [-0.3, -0.25) is 29.2 Å². The van der Waals surface area contributed by atoms with Gasteiger partial charge in [0.1, 0.15) is 17.0 Å². The van der Waals surface area contributed by atoms with Crippen molar-refractivity contribution in [1.29, 1.82) is 0 Å². The Bertz CT molecular complexity index is 1370. The van der Waals surface area contributed by atoms with E-state index in [9.17, 15) is 19.2 Å². The van der Waals surface area contributed by atoms with Gasteiger partial charge in [-0.2, -0.15) is 5.10 Å². The van der Waals surface area contributed by atoms with E-state index in [2.05, 4.69) is 15.4 Å². The molecule has 0 spiro atoms. The molecule has 0 saturated carbocycles. The van der Waals surface area contributed by atoms with Crippen molar-refractivity contribution in [2.75, 3.05) is 32.8 Å². The third-order valence-electron chi connectivity index (χ3n) is 7.05. The van der Waals surface area contributed by atoms with Gasteiger partial charge in [-0.15, -0.1) is 0 Å². The monoisotopic (exact) mass is 506 g/mol. The van der Waals surface area contributed by atoms with Gasteiger partial charge in [-0.1, -0.05) is 19.1 Å². The van der Waals surface area contributed by atoms with Crippen LogP contribution in [0.15, 0.2) is 30.3 Å². The second-order valence-electron chi connectivity index (χ2n) is 9.38. The summed E-state index contributed by atoms with van der Waals surface area (Å²) in [5.41, 5.74) is 2.86. The minimum atomic E-state index is -0.517. The lowest BCUT2D eigenvalue weighted by molar-refractivity contribution is -0.135. The van der Waals surface area contributed by atoms with Crippen molar-refractivity contribution < 1.29 is 23.9 Å². The van der Waals surface area contributed by atoms with Crippen molar-refractivity contribution in [3.05, 3.63) is 47.4 Å². The Morgan fingerprint density at radius 2 is 1.84 bits per heavy atom. The molecular weight excluding hydrogens is 476 g/mol. The van der Waals surface area contributed by atoms with E-state index in [4.69, 9.17) is 4.74 Å². The first-order valence-corrected chi connectivity index (χ1v) is 12.5. The standard InChI is InChI=1S/C26H30N6O5/c1-3-16-7-9-19(27-16)26(36)32-13-11-31(12-14-32)22(34)15-37-20-6-4-5-17-23(29-30(2)24(17)20)18-8-10-21(33)28-25(18)35/h4-7,9,18,27H,3,8,10-15H2,1-2H3,(H,28,33,35). The third kappa shape index (κ3) is 4.81. The first-order chi connectivity index (χ1) is 17.9. The van der Waals surface area contributed by atoms with Crippen LogP contribution in [0.2, 0.25) is 0 Å². The SMILES string of the molecule is CCc1ccc(C(=O)N2CCN(C(=O)COc3cccc4c(C5CCC(=O)NC5=O)nn(C)c34)CC2)[nH]1. The van der Waals surface area contributed by atoms with E-state index in [0.29, 0.717) is 55.3 Å². The summed E-state index contributed by atoms with van der Waals surface area (Å²) in [4.78, 5) is 56.2. The van der Waals surface area contributed by atoms with Crippen LogP contribution in [0.1, 0.15) is 47.6 Å². The molecule has 2 N–H and O–H groups in total. The zero-order valence-electron chi connectivity index (χ0n) is 21.0. The van der Waals surface area contributed by atoms with Gasteiger partial charge >= 0.3 is 0 Å². The maximum absolute atomic E-state index is 12.9. The third-order valence-corrected chi connectivity index (χ3v) is 7.05. The second-order valence-corrected chi connectivity index (χ2v) is 9.38. The number of carbonyl (C=O) groups excluding carboxylic acids is 4. The van der Waals surface area contributed by atoms with Gasteiger partial charge in [0.25, 0.3) is 11.8 Å². The zero-order chi connectivity index (χ0) is 26.1. The van der Waals surface area contributed by atoms with Gasteiger partial charge in [0.15, 0.2) is 6.61 Å². The number of fused-ring (bicyclic) bond motifs is 1. The van der Waals surface area contributed by atoms with E-state index >= 15 is 0 Å². The number of hydrogen-bond acceptors (Lipinski definition) is 6. The van der Waals surface area contributed by atoms with E-state index in [-0.39, 0.29) is 36.7 Å². The number of ether oxygens (including phenoxy) is 1. The number of imide groups is 1. The predicted molar refractivity (Wildman–Crippen MR) is 134 cm³/mol. The number of rotatable bonds is 6. The van der Waals surface area contributed by atoms with Gasteiger partial charge in [-0.05, 0) is 31.0 Å². The van der Waals surface area contributed by atoms with Crippen LogP contribution in [0, 0.1) is 0 Å². The fourth-order valence-electron chi connectivity index (χ4n) is 4.99. The Hall–Kier alpha value is -4.15. The van der Waals surface area contributed by atoms with Crippen LogP contribution < -0.4 is 10.1 Å². The number of piperazine rings is 1. The molecule has 0 aliphatic carbocycles. The number of benzene rings is 1. The lowest BCUT2D eigenvalue weighted by Crippen LogP contribution is -2.51. The fraction of sp³-hybridized carbons (Fsp3) is 0.423. The minimum absolute atomic E-state index is 0.0576. The van der Waals surface area contributed by atoms with Gasteiger partial charge in [-0.25, -0.2) is 0 Å². The lowest BCUT2D eigenvalue weighted by atomic mass is 9.93. The topological polar surface area (TPSA) is 130 Å². The number of aromatic nitrogens is 3. The number of piperidine rings is 1. The summed E-state index contributed by atoms with van der Waals surface area (Å²) in [6.45, 7) is 3.66. The minimum Gasteiger partial charge on any atom is -0.481 e. The van der Waals surface area contributed by atoms with Gasteiger partial charge in [0.05, 0.1) is 11.6 Å². The van der Waals surface area contributed by atoms with Crippen molar-refractivity contribution in [2.45, 2.75) is 32.1 Å². The van der Waals surface area contributed by atoms with E-state index < -0.39 is 5.92 Å². The molecule has 2 fully saturated rings. The Balaban J connectivity index is 1.22. The molecule has 1 unspecified atom stereocenters. The van der Waals surface area contributed by atoms with Gasteiger partial charge in [0, 0.05) is 50.7 Å². The quantitative estimate of drug-likeness (QED) is 0.486. The number of nitrogens with one attached hydrogen (secondary N) is 2. The first kappa shape index (κ1) is 24.5. The van der Waals surface area contributed by atoms with E-state index in [0.717, 1.165) is 17.5 Å². The molecule has 1 aromatic carbocycles. The molecule has 0 radical (unpaired) electrons. The summed E-state index contributed by atoms with van der Waals surface area (Å²) in [5.74, 6) is -0.868. The van der Waals surface area contributed by atoms with Crippen LogP contribution in [0.4, 0.5) is 0 Å². The van der Waals surface area contributed by atoms with Crippen molar-refractivity contribution >= 4 is 34.5 Å². The molecule has 2 aliphatic heterocycles. The van der Waals surface area contributed by atoms with Crippen molar-refractivity contribution in [2.24, 2.45) is 7.05 Å². The number of carbonyl (C=O) groups is 4. The molecular formula is C26H30N6O5. The highest BCUT2D eigenvalue weighted by Gasteiger charge is 2.32. The van der Waals surface area contributed by atoms with Crippen LogP contribution in [0.3, 0.4) is 0 Å². The molecule has 2 aromatic heterocycles. The number of hydrogen-bond donors (Lipinski definition) is 2. The molecule has 4 amide bonds. The number of aryl methyl sites for hydroxylation is 2. The van der Waals surface area contributed by atoms with Crippen LogP contribution in [0.5, 0.6) is 5.75 Å². The normalized spacial score (nSPS) is 18.3. The summed E-state index contributed by atoms with van der Waals surface area (Å²) < 4.78 is 7.57. The largest absolute Gasteiger partial charge is 0.481 e. The number of amides is 4. The Kier molecular flexibility index (Phi) is 6.68. The van der Waals surface area contributed by atoms with Crippen LogP contribution >= 0.6 is 0 Å². The lowest BCUT2D eigenvalue weighted by Gasteiger charge is -2.34. The summed E-state index contributed by atoms with van der Waals surface area (Å²) in [6, 6.07) is 9.15. The number of para-hydroxylation sites is 1. The maximum Gasteiger partial charge on any atom is 0.270 e. The molecule has 37 heavy (non-hydrogen) atoms. The van der Waals surface area contributed by atoms with E-state index in [1.54, 1.807) is 39.7 Å². The van der Waals surface area contributed by atoms with Crippen LogP contribution in [0.25, 0.3) is 10.9 Å². The van der Waals surface area contributed by atoms with E-state index in [1.807, 2.05) is 19.1 Å². The number of nitrogens with zero attached hydrogens (tertiary/aromatic N) is 4. The van der Waals surface area contributed by atoms with Crippen molar-refractivity contribution in [3.63, 3.8) is 0 Å². The summed E-state index contributed by atoms with van der Waals surface area (Å²) in [7, 11) is 1.76. The van der Waals surface area contributed by atoms with Gasteiger partial charge in [0.2, 0.25) is 11.8 Å². The van der Waals surface area contributed by atoms with E-state index in [1.165, 1.54) is 0 Å². The number of H-pyrrole nitrogens is 1. The molecule has 11 nitrogen and oxygen atoms in total. The summed E-state index contributed by atoms with van der Waals surface area (Å²) in [5, 5.41) is 7.69. The molecule has 0 bridgehead atoms.